The predicted molar refractivity (Wildman–Crippen MR) is 65.4 cm³/mol. The van der Waals surface area contributed by atoms with Crippen LogP contribution in [0.3, 0.4) is 0 Å². The van der Waals surface area contributed by atoms with E-state index in [2.05, 4.69) is 0 Å². The van der Waals surface area contributed by atoms with Crippen LogP contribution in [0.25, 0.3) is 0 Å². The number of aryl methyl sites for hydroxylation is 1. The number of nitro groups is 1. The van der Waals surface area contributed by atoms with Gasteiger partial charge >= 0.3 is 5.97 Å². The normalized spacial score (nSPS) is 11.2. The highest BCUT2D eigenvalue weighted by Gasteiger charge is 2.29. The SMILES string of the molecule is Cc1cc([N+](=O)[O-])ccc1SC(C)(C)C(=O)O. The molecule has 0 unspecified atom stereocenters. The van der Waals surface area contributed by atoms with E-state index in [4.69, 9.17) is 5.11 Å². The van der Waals surface area contributed by atoms with Crippen molar-refractivity contribution in [3.05, 3.63) is 33.9 Å². The molecular formula is C11H13NO4S. The third-order valence-electron chi connectivity index (χ3n) is 2.25. The van der Waals surface area contributed by atoms with Crippen LogP contribution in [0, 0.1) is 17.0 Å². The number of hydrogen-bond acceptors (Lipinski definition) is 4. The Kier molecular flexibility index (Phi) is 3.77. The van der Waals surface area contributed by atoms with E-state index in [1.165, 1.54) is 23.9 Å². The van der Waals surface area contributed by atoms with E-state index in [-0.39, 0.29) is 5.69 Å². The van der Waals surface area contributed by atoms with Crippen molar-refractivity contribution in [2.45, 2.75) is 30.4 Å². The molecule has 0 saturated carbocycles. The van der Waals surface area contributed by atoms with Crippen molar-refractivity contribution in [3.8, 4) is 0 Å². The number of carboxylic acids is 1. The van der Waals surface area contributed by atoms with Gasteiger partial charge in [0, 0.05) is 17.0 Å². The molecule has 1 rings (SSSR count). The van der Waals surface area contributed by atoms with Crippen molar-refractivity contribution in [2.24, 2.45) is 0 Å². The molecular weight excluding hydrogens is 242 g/mol. The Balaban J connectivity index is 3.02. The molecule has 6 heteroatoms. The van der Waals surface area contributed by atoms with E-state index in [1.54, 1.807) is 26.8 Å². The number of carboxylic acid groups (broad SMARTS) is 1. The molecule has 0 aliphatic heterocycles. The number of nitrogens with zero attached hydrogens (tertiary/aromatic N) is 1. The van der Waals surface area contributed by atoms with Gasteiger partial charge in [-0.3, -0.25) is 14.9 Å². The summed E-state index contributed by atoms with van der Waals surface area (Å²) in [5.41, 5.74) is 0.721. The lowest BCUT2D eigenvalue weighted by atomic mass is 10.2. The van der Waals surface area contributed by atoms with Gasteiger partial charge in [0.1, 0.15) is 4.75 Å². The zero-order valence-electron chi connectivity index (χ0n) is 9.76. The van der Waals surface area contributed by atoms with Crippen molar-refractivity contribution in [1.82, 2.24) is 0 Å². The van der Waals surface area contributed by atoms with Crippen LogP contribution in [0.5, 0.6) is 0 Å². The van der Waals surface area contributed by atoms with E-state index in [9.17, 15) is 14.9 Å². The van der Waals surface area contributed by atoms with Gasteiger partial charge < -0.3 is 5.11 Å². The molecule has 0 fully saturated rings. The fourth-order valence-electron chi connectivity index (χ4n) is 1.18. The molecule has 0 spiro atoms. The van der Waals surface area contributed by atoms with Gasteiger partial charge in [0.25, 0.3) is 5.69 Å². The van der Waals surface area contributed by atoms with E-state index in [0.29, 0.717) is 5.56 Å². The Bertz CT molecular complexity index is 471. The van der Waals surface area contributed by atoms with Crippen molar-refractivity contribution in [3.63, 3.8) is 0 Å². The number of carbonyl (C=O) groups is 1. The summed E-state index contributed by atoms with van der Waals surface area (Å²) in [6, 6.07) is 4.41. The van der Waals surface area contributed by atoms with E-state index >= 15 is 0 Å². The van der Waals surface area contributed by atoms with E-state index < -0.39 is 15.6 Å². The van der Waals surface area contributed by atoms with Gasteiger partial charge in [-0.05, 0) is 32.4 Å². The van der Waals surface area contributed by atoms with Crippen LogP contribution in [0.1, 0.15) is 19.4 Å². The zero-order chi connectivity index (χ0) is 13.2. The van der Waals surface area contributed by atoms with Crippen molar-refractivity contribution in [2.75, 3.05) is 0 Å². The minimum atomic E-state index is -0.957. The van der Waals surface area contributed by atoms with Crippen LogP contribution >= 0.6 is 11.8 Å². The maximum absolute atomic E-state index is 11.0. The molecule has 0 aromatic heterocycles. The lowest BCUT2D eigenvalue weighted by Gasteiger charge is -2.19. The highest BCUT2D eigenvalue weighted by atomic mass is 32.2. The predicted octanol–water partition coefficient (Wildman–Crippen LogP) is 2.86. The first kappa shape index (κ1) is 13.5. The molecule has 0 radical (unpaired) electrons. The van der Waals surface area contributed by atoms with Crippen molar-refractivity contribution >= 4 is 23.4 Å². The summed E-state index contributed by atoms with van der Waals surface area (Å²) in [6.45, 7) is 4.93. The fourth-order valence-corrected chi connectivity index (χ4v) is 2.17. The van der Waals surface area contributed by atoms with Crippen LogP contribution in [0.2, 0.25) is 0 Å². The zero-order valence-corrected chi connectivity index (χ0v) is 10.6. The van der Waals surface area contributed by atoms with E-state index in [1.807, 2.05) is 0 Å². The number of aliphatic carboxylic acids is 1. The highest BCUT2D eigenvalue weighted by Crippen LogP contribution is 2.35. The number of rotatable bonds is 4. The molecule has 0 aliphatic rings. The monoisotopic (exact) mass is 255 g/mol. The second-order valence-electron chi connectivity index (χ2n) is 4.12. The first-order valence-corrected chi connectivity index (χ1v) is 5.73. The molecule has 0 atom stereocenters. The Labute approximate surface area is 103 Å². The average molecular weight is 255 g/mol. The number of non-ortho nitro benzene ring substituents is 1. The third kappa shape index (κ3) is 3.20. The molecule has 5 nitrogen and oxygen atoms in total. The van der Waals surface area contributed by atoms with Crippen molar-refractivity contribution < 1.29 is 14.8 Å². The summed E-state index contributed by atoms with van der Waals surface area (Å²) in [4.78, 5) is 21.8. The largest absolute Gasteiger partial charge is 0.480 e. The van der Waals surface area contributed by atoms with E-state index in [0.717, 1.165) is 4.90 Å². The fraction of sp³-hybridized carbons (Fsp3) is 0.364. The summed E-state index contributed by atoms with van der Waals surface area (Å²) < 4.78 is -0.957. The molecule has 92 valence electrons. The van der Waals surface area contributed by atoms with Gasteiger partial charge in [-0.1, -0.05) is 0 Å². The Morgan fingerprint density at radius 3 is 2.47 bits per heavy atom. The Morgan fingerprint density at radius 1 is 1.47 bits per heavy atom. The van der Waals surface area contributed by atoms with Gasteiger partial charge in [-0.25, -0.2) is 0 Å². The van der Waals surface area contributed by atoms with Crippen LogP contribution in [-0.4, -0.2) is 20.7 Å². The molecule has 1 aromatic carbocycles. The van der Waals surface area contributed by atoms with Crippen LogP contribution < -0.4 is 0 Å². The lowest BCUT2D eigenvalue weighted by Crippen LogP contribution is -2.27. The standard InChI is InChI=1S/C11H13NO4S/c1-7-6-8(12(15)16)4-5-9(7)17-11(2,3)10(13)14/h4-6H,1-3H3,(H,13,14). The summed E-state index contributed by atoms with van der Waals surface area (Å²) >= 11 is 1.18. The molecule has 0 aliphatic carbocycles. The molecule has 17 heavy (non-hydrogen) atoms. The molecule has 1 aromatic rings. The number of benzene rings is 1. The average Bonchev–Trinajstić information content (AvgIpc) is 2.20. The van der Waals surface area contributed by atoms with Gasteiger partial charge in [0.15, 0.2) is 0 Å². The second-order valence-corrected chi connectivity index (χ2v) is 5.79. The van der Waals surface area contributed by atoms with Crippen molar-refractivity contribution in [1.29, 1.82) is 0 Å². The molecule has 0 bridgehead atoms. The quantitative estimate of drug-likeness (QED) is 0.508. The summed E-state index contributed by atoms with van der Waals surface area (Å²) in [6.07, 6.45) is 0. The van der Waals surface area contributed by atoms with Crippen LogP contribution in [0.15, 0.2) is 23.1 Å². The van der Waals surface area contributed by atoms with Crippen LogP contribution in [0.4, 0.5) is 5.69 Å². The molecule has 0 heterocycles. The number of hydrogen-bond donors (Lipinski definition) is 1. The first-order chi connectivity index (χ1) is 7.74. The summed E-state index contributed by atoms with van der Waals surface area (Å²) in [5.74, 6) is -0.916. The number of thioether (sulfide) groups is 1. The van der Waals surface area contributed by atoms with Gasteiger partial charge in [-0.2, -0.15) is 0 Å². The third-order valence-corrected chi connectivity index (χ3v) is 3.61. The summed E-state index contributed by atoms with van der Waals surface area (Å²) in [5, 5.41) is 19.6. The topological polar surface area (TPSA) is 80.4 Å². The second kappa shape index (κ2) is 4.75. The summed E-state index contributed by atoms with van der Waals surface area (Å²) in [7, 11) is 0. The van der Waals surface area contributed by atoms with Gasteiger partial charge in [0.05, 0.1) is 4.92 Å². The molecule has 0 amide bonds. The highest BCUT2D eigenvalue weighted by molar-refractivity contribution is 8.01. The van der Waals surface area contributed by atoms with Gasteiger partial charge in [0.2, 0.25) is 0 Å². The molecule has 1 N–H and O–H groups in total. The minimum Gasteiger partial charge on any atom is -0.480 e. The maximum atomic E-state index is 11.0. The Hall–Kier alpha value is -1.56. The van der Waals surface area contributed by atoms with Crippen LogP contribution in [-0.2, 0) is 4.79 Å². The van der Waals surface area contributed by atoms with Gasteiger partial charge in [-0.15, -0.1) is 11.8 Å². The first-order valence-electron chi connectivity index (χ1n) is 4.91. The molecule has 0 saturated heterocycles. The number of nitro benzene ring substituents is 1. The maximum Gasteiger partial charge on any atom is 0.319 e. The minimum absolute atomic E-state index is 0.0139. The Morgan fingerprint density at radius 2 is 2.06 bits per heavy atom. The lowest BCUT2D eigenvalue weighted by molar-refractivity contribution is -0.385. The smallest absolute Gasteiger partial charge is 0.319 e.